The number of hydrogen-bond acceptors (Lipinski definition) is 2. The molecular weight excluding hydrogens is 218 g/mol. The highest BCUT2D eigenvalue weighted by atomic mass is 16.4. The van der Waals surface area contributed by atoms with Crippen molar-refractivity contribution in [2.24, 2.45) is 0 Å². The number of nitrogens with one attached hydrogen (secondary N) is 1. The van der Waals surface area contributed by atoms with Crippen molar-refractivity contribution < 1.29 is 14.7 Å². The Balaban J connectivity index is 2.96. The molecule has 1 rings (SSSR count). The SMILES string of the molecule is CC(=O)NCC#Cc1c(C)cccc1C(=O)O. The molecule has 2 N–H and O–H groups in total. The summed E-state index contributed by atoms with van der Waals surface area (Å²) in [4.78, 5) is 21.6. The van der Waals surface area contributed by atoms with Crippen molar-refractivity contribution in [3.8, 4) is 11.8 Å². The molecule has 1 aromatic carbocycles. The minimum Gasteiger partial charge on any atom is -0.478 e. The summed E-state index contributed by atoms with van der Waals surface area (Å²) in [5, 5.41) is 11.5. The van der Waals surface area contributed by atoms with E-state index in [1.165, 1.54) is 13.0 Å². The van der Waals surface area contributed by atoms with Crippen LogP contribution in [0.3, 0.4) is 0 Å². The van der Waals surface area contributed by atoms with Crippen molar-refractivity contribution in [2.75, 3.05) is 6.54 Å². The third-order valence-corrected chi connectivity index (χ3v) is 2.14. The number of rotatable bonds is 2. The lowest BCUT2D eigenvalue weighted by Gasteiger charge is -2.02. The molecule has 0 atom stereocenters. The maximum absolute atomic E-state index is 11.0. The van der Waals surface area contributed by atoms with Crippen molar-refractivity contribution in [2.45, 2.75) is 13.8 Å². The third kappa shape index (κ3) is 3.65. The van der Waals surface area contributed by atoms with Crippen LogP contribution in [0.4, 0.5) is 0 Å². The molecule has 0 heterocycles. The van der Waals surface area contributed by atoms with E-state index in [-0.39, 0.29) is 18.0 Å². The van der Waals surface area contributed by atoms with Crippen LogP contribution in [0.1, 0.15) is 28.4 Å². The number of hydrogen-bond donors (Lipinski definition) is 2. The summed E-state index contributed by atoms with van der Waals surface area (Å²) in [5.41, 5.74) is 1.48. The topological polar surface area (TPSA) is 66.4 Å². The molecule has 1 aromatic rings. The van der Waals surface area contributed by atoms with E-state index in [1.54, 1.807) is 19.1 Å². The fourth-order valence-corrected chi connectivity index (χ4v) is 1.31. The predicted octanol–water partition coefficient (Wildman–Crippen LogP) is 1.18. The fourth-order valence-electron chi connectivity index (χ4n) is 1.31. The quantitative estimate of drug-likeness (QED) is 0.751. The number of benzene rings is 1. The van der Waals surface area contributed by atoms with Gasteiger partial charge in [-0.15, -0.1) is 0 Å². The molecule has 0 unspecified atom stereocenters. The molecule has 0 saturated carbocycles. The van der Waals surface area contributed by atoms with Crippen LogP contribution in [0.2, 0.25) is 0 Å². The molecule has 0 fully saturated rings. The van der Waals surface area contributed by atoms with Crippen molar-refractivity contribution in [1.29, 1.82) is 0 Å². The van der Waals surface area contributed by atoms with E-state index in [0.717, 1.165) is 5.56 Å². The zero-order valence-corrected chi connectivity index (χ0v) is 9.70. The number of carboxylic acids is 1. The summed E-state index contributed by atoms with van der Waals surface area (Å²) < 4.78 is 0. The Hall–Kier alpha value is -2.28. The summed E-state index contributed by atoms with van der Waals surface area (Å²) in [6.45, 7) is 3.41. The summed E-state index contributed by atoms with van der Waals surface area (Å²) in [6, 6.07) is 4.99. The van der Waals surface area contributed by atoms with Gasteiger partial charge >= 0.3 is 5.97 Å². The molecular formula is C13H13NO3. The van der Waals surface area contributed by atoms with Gasteiger partial charge in [-0.1, -0.05) is 24.0 Å². The third-order valence-electron chi connectivity index (χ3n) is 2.14. The van der Waals surface area contributed by atoms with Crippen molar-refractivity contribution >= 4 is 11.9 Å². The van der Waals surface area contributed by atoms with Gasteiger partial charge in [0.1, 0.15) is 0 Å². The van der Waals surface area contributed by atoms with E-state index in [4.69, 9.17) is 5.11 Å². The minimum absolute atomic E-state index is 0.164. The van der Waals surface area contributed by atoms with Gasteiger partial charge in [0, 0.05) is 12.5 Å². The Morgan fingerprint density at radius 1 is 1.41 bits per heavy atom. The number of aryl methyl sites for hydroxylation is 1. The highest BCUT2D eigenvalue weighted by molar-refractivity contribution is 5.91. The molecule has 0 aliphatic rings. The average Bonchev–Trinajstić information content (AvgIpc) is 2.25. The second kappa shape index (κ2) is 5.71. The van der Waals surface area contributed by atoms with Gasteiger partial charge in [-0.25, -0.2) is 4.79 Å². The van der Waals surface area contributed by atoms with Gasteiger partial charge in [0.15, 0.2) is 0 Å². The van der Waals surface area contributed by atoms with Crippen molar-refractivity contribution in [3.63, 3.8) is 0 Å². The van der Waals surface area contributed by atoms with Crippen molar-refractivity contribution in [3.05, 3.63) is 34.9 Å². The normalized spacial score (nSPS) is 9.06. The lowest BCUT2D eigenvalue weighted by atomic mass is 10.0. The van der Waals surface area contributed by atoms with Crippen LogP contribution in [0, 0.1) is 18.8 Å². The van der Waals surface area contributed by atoms with Crippen LogP contribution in [0.25, 0.3) is 0 Å². The predicted molar refractivity (Wildman–Crippen MR) is 63.7 cm³/mol. The number of carbonyl (C=O) groups excluding carboxylic acids is 1. The highest BCUT2D eigenvalue weighted by Crippen LogP contribution is 2.12. The van der Waals surface area contributed by atoms with E-state index >= 15 is 0 Å². The van der Waals surface area contributed by atoms with E-state index < -0.39 is 5.97 Å². The number of carboxylic acid groups (broad SMARTS) is 1. The highest BCUT2D eigenvalue weighted by Gasteiger charge is 2.09. The minimum atomic E-state index is -1.00. The summed E-state index contributed by atoms with van der Waals surface area (Å²) in [7, 11) is 0. The molecule has 0 bridgehead atoms. The largest absolute Gasteiger partial charge is 0.478 e. The average molecular weight is 231 g/mol. The molecule has 0 aliphatic carbocycles. The molecule has 0 aromatic heterocycles. The monoisotopic (exact) mass is 231 g/mol. The van der Waals surface area contributed by atoms with Crippen LogP contribution >= 0.6 is 0 Å². The Morgan fingerprint density at radius 3 is 2.71 bits per heavy atom. The van der Waals surface area contributed by atoms with E-state index in [0.29, 0.717) is 5.56 Å². The number of aromatic carboxylic acids is 1. The van der Waals surface area contributed by atoms with Crippen LogP contribution in [0.5, 0.6) is 0 Å². The van der Waals surface area contributed by atoms with E-state index in [2.05, 4.69) is 17.2 Å². The molecule has 0 saturated heterocycles. The zero-order valence-electron chi connectivity index (χ0n) is 9.70. The van der Waals surface area contributed by atoms with Gasteiger partial charge in [-0.2, -0.15) is 0 Å². The van der Waals surface area contributed by atoms with Crippen LogP contribution < -0.4 is 5.32 Å². The molecule has 0 radical (unpaired) electrons. The van der Waals surface area contributed by atoms with E-state index in [1.807, 2.05) is 0 Å². The second-order valence-electron chi connectivity index (χ2n) is 3.51. The van der Waals surface area contributed by atoms with Crippen LogP contribution in [0.15, 0.2) is 18.2 Å². The molecule has 17 heavy (non-hydrogen) atoms. The smallest absolute Gasteiger partial charge is 0.336 e. The first-order valence-electron chi connectivity index (χ1n) is 5.08. The molecule has 1 amide bonds. The first-order chi connectivity index (χ1) is 8.02. The first-order valence-corrected chi connectivity index (χ1v) is 5.08. The Morgan fingerprint density at radius 2 is 2.12 bits per heavy atom. The lowest BCUT2D eigenvalue weighted by molar-refractivity contribution is -0.118. The van der Waals surface area contributed by atoms with Gasteiger partial charge in [0.2, 0.25) is 5.91 Å². The Bertz CT molecular complexity index is 509. The maximum Gasteiger partial charge on any atom is 0.336 e. The van der Waals surface area contributed by atoms with Gasteiger partial charge < -0.3 is 10.4 Å². The van der Waals surface area contributed by atoms with Gasteiger partial charge in [0.25, 0.3) is 0 Å². The zero-order chi connectivity index (χ0) is 12.8. The molecule has 0 spiro atoms. The summed E-state index contributed by atoms with van der Waals surface area (Å²) in [5.74, 6) is 4.33. The standard InChI is InChI=1S/C13H13NO3/c1-9-5-3-6-12(13(16)17)11(9)7-4-8-14-10(2)15/h3,5-6H,8H2,1-2H3,(H,14,15)(H,16,17). The van der Waals surface area contributed by atoms with Gasteiger partial charge in [-0.05, 0) is 18.6 Å². The number of carbonyl (C=O) groups is 2. The Labute approximate surface area is 99.7 Å². The molecule has 0 aliphatic heterocycles. The Kier molecular flexibility index (Phi) is 4.29. The van der Waals surface area contributed by atoms with Crippen LogP contribution in [-0.2, 0) is 4.79 Å². The maximum atomic E-state index is 11.0. The lowest BCUT2D eigenvalue weighted by Crippen LogP contribution is -2.19. The summed E-state index contributed by atoms with van der Waals surface area (Å²) in [6.07, 6.45) is 0. The molecule has 4 heteroatoms. The molecule has 88 valence electrons. The summed E-state index contributed by atoms with van der Waals surface area (Å²) >= 11 is 0. The second-order valence-corrected chi connectivity index (χ2v) is 3.51. The molecule has 4 nitrogen and oxygen atoms in total. The van der Waals surface area contributed by atoms with Gasteiger partial charge in [0.05, 0.1) is 12.1 Å². The van der Waals surface area contributed by atoms with Crippen LogP contribution in [-0.4, -0.2) is 23.5 Å². The number of amides is 1. The van der Waals surface area contributed by atoms with Crippen molar-refractivity contribution in [1.82, 2.24) is 5.32 Å². The van der Waals surface area contributed by atoms with E-state index in [9.17, 15) is 9.59 Å². The van der Waals surface area contributed by atoms with Gasteiger partial charge in [-0.3, -0.25) is 4.79 Å². The fraction of sp³-hybridized carbons (Fsp3) is 0.231. The first kappa shape index (κ1) is 12.8.